The molecule has 0 unspecified atom stereocenters. The van der Waals surface area contributed by atoms with Crippen LogP contribution < -0.4 is 5.32 Å². The average molecular weight is 314 g/mol. The van der Waals surface area contributed by atoms with Gasteiger partial charge < -0.3 is 5.32 Å². The average Bonchev–Trinajstić information content (AvgIpc) is 2.86. The Labute approximate surface area is 127 Å². The summed E-state index contributed by atoms with van der Waals surface area (Å²) in [5.41, 5.74) is 0.718. The standard InChI is InChI=1S/C14H17ClFN3S/c1-9(2)17-7-3-4-13-18-19-14(20-13)10-5-6-11(15)12(16)8-10/h5-6,8-9,17H,3-4,7H2,1-2H3. The Morgan fingerprint density at radius 3 is 2.85 bits per heavy atom. The highest BCUT2D eigenvalue weighted by Gasteiger charge is 2.09. The van der Waals surface area contributed by atoms with Gasteiger partial charge in [0, 0.05) is 18.0 Å². The Hall–Kier alpha value is -1.04. The summed E-state index contributed by atoms with van der Waals surface area (Å²) in [5.74, 6) is -0.429. The van der Waals surface area contributed by atoms with Gasteiger partial charge in [0.05, 0.1) is 5.02 Å². The van der Waals surface area contributed by atoms with Crippen molar-refractivity contribution in [2.75, 3.05) is 6.54 Å². The predicted molar refractivity (Wildman–Crippen MR) is 81.8 cm³/mol. The molecule has 108 valence electrons. The third-order valence-corrected chi connectivity index (χ3v) is 4.09. The van der Waals surface area contributed by atoms with Gasteiger partial charge in [-0.15, -0.1) is 10.2 Å². The number of hydrogen-bond acceptors (Lipinski definition) is 4. The molecule has 0 aliphatic heterocycles. The first-order valence-corrected chi connectivity index (χ1v) is 7.77. The smallest absolute Gasteiger partial charge is 0.147 e. The number of aromatic nitrogens is 2. The van der Waals surface area contributed by atoms with Crippen LogP contribution in [0.2, 0.25) is 5.02 Å². The molecule has 2 rings (SSSR count). The molecule has 1 aromatic carbocycles. The molecular formula is C14H17ClFN3S. The van der Waals surface area contributed by atoms with Gasteiger partial charge >= 0.3 is 0 Å². The molecule has 1 aromatic heterocycles. The topological polar surface area (TPSA) is 37.8 Å². The van der Waals surface area contributed by atoms with Crippen LogP contribution in [0.5, 0.6) is 0 Å². The Bertz CT molecular complexity index is 571. The minimum atomic E-state index is -0.429. The lowest BCUT2D eigenvalue weighted by Crippen LogP contribution is -2.23. The fourth-order valence-corrected chi connectivity index (χ4v) is 2.73. The minimum absolute atomic E-state index is 0.123. The van der Waals surface area contributed by atoms with E-state index < -0.39 is 5.82 Å². The SMILES string of the molecule is CC(C)NCCCc1nnc(-c2ccc(Cl)c(F)c2)s1. The molecule has 0 saturated carbocycles. The molecule has 0 aliphatic carbocycles. The summed E-state index contributed by atoms with van der Waals surface area (Å²) < 4.78 is 13.4. The number of halogens is 2. The highest BCUT2D eigenvalue weighted by Crippen LogP contribution is 2.27. The second kappa shape index (κ2) is 7.11. The van der Waals surface area contributed by atoms with E-state index in [9.17, 15) is 4.39 Å². The zero-order chi connectivity index (χ0) is 14.5. The summed E-state index contributed by atoms with van der Waals surface area (Å²) in [5, 5.41) is 13.4. The van der Waals surface area contributed by atoms with Crippen LogP contribution in [0.1, 0.15) is 25.3 Å². The maximum atomic E-state index is 13.4. The molecule has 20 heavy (non-hydrogen) atoms. The second-order valence-corrected chi connectivity index (χ2v) is 6.31. The van der Waals surface area contributed by atoms with Crippen LogP contribution in [-0.2, 0) is 6.42 Å². The van der Waals surface area contributed by atoms with E-state index in [-0.39, 0.29) is 5.02 Å². The van der Waals surface area contributed by atoms with Crippen molar-refractivity contribution in [2.24, 2.45) is 0 Å². The maximum absolute atomic E-state index is 13.4. The van der Waals surface area contributed by atoms with Crippen LogP contribution in [0.3, 0.4) is 0 Å². The van der Waals surface area contributed by atoms with Crippen LogP contribution in [0, 0.1) is 5.82 Å². The van der Waals surface area contributed by atoms with E-state index in [1.807, 2.05) is 0 Å². The van der Waals surface area contributed by atoms with Crippen molar-refractivity contribution in [3.63, 3.8) is 0 Å². The molecule has 1 heterocycles. The molecule has 0 aliphatic rings. The van der Waals surface area contributed by atoms with E-state index in [1.54, 1.807) is 12.1 Å². The highest BCUT2D eigenvalue weighted by atomic mass is 35.5. The lowest BCUT2D eigenvalue weighted by Gasteiger charge is -2.05. The third kappa shape index (κ3) is 4.23. The Morgan fingerprint density at radius 1 is 1.35 bits per heavy atom. The monoisotopic (exact) mass is 313 g/mol. The van der Waals surface area contributed by atoms with Gasteiger partial charge in [0.25, 0.3) is 0 Å². The van der Waals surface area contributed by atoms with E-state index in [2.05, 4.69) is 29.4 Å². The quantitative estimate of drug-likeness (QED) is 0.821. The number of hydrogen-bond donors (Lipinski definition) is 1. The lowest BCUT2D eigenvalue weighted by atomic mass is 10.2. The van der Waals surface area contributed by atoms with E-state index in [1.165, 1.54) is 17.4 Å². The second-order valence-electron chi connectivity index (χ2n) is 4.84. The molecule has 0 fully saturated rings. The third-order valence-electron chi connectivity index (χ3n) is 2.75. The van der Waals surface area contributed by atoms with Gasteiger partial charge in [0.15, 0.2) is 0 Å². The molecule has 0 bridgehead atoms. The van der Waals surface area contributed by atoms with Crippen molar-refractivity contribution in [2.45, 2.75) is 32.7 Å². The van der Waals surface area contributed by atoms with Crippen LogP contribution in [0.4, 0.5) is 4.39 Å². The van der Waals surface area contributed by atoms with Gasteiger partial charge in [-0.2, -0.15) is 0 Å². The first-order valence-electron chi connectivity index (χ1n) is 6.57. The van der Waals surface area contributed by atoms with Crippen molar-refractivity contribution < 1.29 is 4.39 Å². The maximum Gasteiger partial charge on any atom is 0.147 e. The number of benzene rings is 1. The van der Waals surface area contributed by atoms with E-state index in [4.69, 9.17) is 11.6 Å². The summed E-state index contributed by atoms with van der Waals surface area (Å²) in [7, 11) is 0. The molecule has 0 saturated heterocycles. The summed E-state index contributed by atoms with van der Waals surface area (Å²) in [6, 6.07) is 5.19. The predicted octanol–water partition coefficient (Wildman–Crippen LogP) is 3.93. The first-order chi connectivity index (χ1) is 9.56. The number of nitrogens with one attached hydrogen (secondary N) is 1. The van der Waals surface area contributed by atoms with E-state index >= 15 is 0 Å². The molecule has 0 atom stereocenters. The summed E-state index contributed by atoms with van der Waals surface area (Å²) in [6.45, 7) is 5.21. The van der Waals surface area contributed by atoms with E-state index in [0.717, 1.165) is 35.0 Å². The summed E-state index contributed by atoms with van der Waals surface area (Å²) in [6.07, 6.45) is 1.90. The number of aryl methyl sites for hydroxylation is 1. The molecule has 6 heteroatoms. The minimum Gasteiger partial charge on any atom is -0.315 e. The Kier molecular flexibility index (Phi) is 5.46. The highest BCUT2D eigenvalue weighted by molar-refractivity contribution is 7.14. The van der Waals surface area contributed by atoms with Gasteiger partial charge in [0.1, 0.15) is 15.8 Å². The van der Waals surface area contributed by atoms with Crippen molar-refractivity contribution in [1.29, 1.82) is 0 Å². The molecule has 0 amide bonds. The van der Waals surface area contributed by atoms with Gasteiger partial charge in [-0.1, -0.05) is 42.9 Å². The molecule has 0 radical (unpaired) electrons. The number of nitrogens with zero attached hydrogens (tertiary/aromatic N) is 2. The van der Waals surface area contributed by atoms with Crippen LogP contribution in [0.25, 0.3) is 10.6 Å². The van der Waals surface area contributed by atoms with Crippen molar-refractivity contribution >= 4 is 22.9 Å². The van der Waals surface area contributed by atoms with Crippen molar-refractivity contribution in [3.8, 4) is 10.6 Å². The molecule has 3 nitrogen and oxygen atoms in total. The molecular weight excluding hydrogens is 297 g/mol. The largest absolute Gasteiger partial charge is 0.315 e. The van der Waals surface area contributed by atoms with Gasteiger partial charge in [0.2, 0.25) is 0 Å². The van der Waals surface area contributed by atoms with Gasteiger partial charge in [-0.25, -0.2) is 4.39 Å². The normalized spacial score (nSPS) is 11.2. The van der Waals surface area contributed by atoms with Crippen molar-refractivity contribution in [1.82, 2.24) is 15.5 Å². The Balaban J connectivity index is 1.96. The van der Waals surface area contributed by atoms with Gasteiger partial charge in [-0.3, -0.25) is 0 Å². The fourth-order valence-electron chi connectivity index (χ4n) is 1.73. The van der Waals surface area contributed by atoms with Crippen molar-refractivity contribution in [3.05, 3.63) is 34.0 Å². The molecule has 0 spiro atoms. The van der Waals surface area contributed by atoms with E-state index in [0.29, 0.717) is 6.04 Å². The zero-order valence-electron chi connectivity index (χ0n) is 11.5. The number of rotatable bonds is 6. The van der Waals surface area contributed by atoms with Crippen LogP contribution in [-0.4, -0.2) is 22.8 Å². The zero-order valence-corrected chi connectivity index (χ0v) is 13.1. The molecule has 1 N–H and O–H groups in total. The lowest BCUT2D eigenvalue weighted by molar-refractivity contribution is 0.569. The first kappa shape index (κ1) is 15.4. The fraction of sp³-hybridized carbons (Fsp3) is 0.429. The van der Waals surface area contributed by atoms with Crippen LogP contribution in [0.15, 0.2) is 18.2 Å². The Morgan fingerprint density at radius 2 is 2.15 bits per heavy atom. The molecule has 2 aromatic rings. The van der Waals surface area contributed by atoms with Crippen LogP contribution >= 0.6 is 22.9 Å². The summed E-state index contributed by atoms with van der Waals surface area (Å²) in [4.78, 5) is 0. The van der Waals surface area contributed by atoms with Gasteiger partial charge in [-0.05, 0) is 25.1 Å². The summed E-state index contributed by atoms with van der Waals surface area (Å²) >= 11 is 7.17.